The van der Waals surface area contributed by atoms with Crippen LogP contribution < -0.4 is 0 Å². The van der Waals surface area contributed by atoms with Gasteiger partial charge in [0.25, 0.3) is 0 Å². The minimum atomic E-state index is -4.11. The molecule has 0 N–H and O–H groups in total. The Morgan fingerprint density at radius 1 is 0.852 bits per heavy atom. The fourth-order valence-corrected chi connectivity index (χ4v) is 3.82. The van der Waals surface area contributed by atoms with Crippen LogP contribution in [0.5, 0.6) is 0 Å². The van der Waals surface area contributed by atoms with Gasteiger partial charge in [-0.25, -0.2) is 0 Å². The van der Waals surface area contributed by atoms with Crippen LogP contribution in [0.4, 0.5) is 13.2 Å². The van der Waals surface area contributed by atoms with Gasteiger partial charge in [0.2, 0.25) is 0 Å². The first kappa shape index (κ1) is 19.9. The average Bonchev–Trinajstić information content (AvgIpc) is 2.66. The summed E-state index contributed by atoms with van der Waals surface area (Å²) in [7, 11) is 0. The molecule has 1 fully saturated rings. The van der Waals surface area contributed by atoms with Gasteiger partial charge in [-0.15, -0.1) is 0 Å². The first-order valence-electron chi connectivity index (χ1n) is 9.60. The molecule has 2 aromatic rings. The standard InChI is InChI=1S/C22H27F3N2/c23-22(24,25)18-26-14-12-21(13-15-26)27(17-20-9-5-2-6-10-20)16-11-19-7-3-1-4-8-19/h1-10,21H,11-18H2. The molecule has 0 aromatic heterocycles. The second kappa shape index (κ2) is 9.38. The maximum absolute atomic E-state index is 12.6. The van der Waals surface area contributed by atoms with Gasteiger partial charge in [0.1, 0.15) is 0 Å². The Kier molecular flexibility index (Phi) is 6.91. The topological polar surface area (TPSA) is 6.48 Å². The molecule has 3 rings (SSSR count). The van der Waals surface area contributed by atoms with E-state index in [1.165, 1.54) is 16.0 Å². The highest BCUT2D eigenvalue weighted by atomic mass is 19.4. The van der Waals surface area contributed by atoms with E-state index >= 15 is 0 Å². The summed E-state index contributed by atoms with van der Waals surface area (Å²) in [5.74, 6) is 0. The molecule has 0 saturated carbocycles. The summed E-state index contributed by atoms with van der Waals surface area (Å²) in [5.41, 5.74) is 2.55. The number of piperidine rings is 1. The van der Waals surface area contributed by atoms with Crippen molar-refractivity contribution in [3.63, 3.8) is 0 Å². The molecule has 2 aromatic carbocycles. The first-order chi connectivity index (χ1) is 13.0. The lowest BCUT2D eigenvalue weighted by molar-refractivity contribution is -0.149. The van der Waals surface area contributed by atoms with Crippen LogP contribution in [0.25, 0.3) is 0 Å². The third-order valence-corrected chi connectivity index (χ3v) is 5.24. The average molecular weight is 376 g/mol. The van der Waals surface area contributed by atoms with Gasteiger partial charge in [-0.1, -0.05) is 60.7 Å². The molecule has 1 aliphatic heterocycles. The number of rotatable bonds is 7. The molecule has 0 bridgehead atoms. The molecule has 0 amide bonds. The number of halogens is 3. The minimum absolute atomic E-state index is 0.332. The summed E-state index contributed by atoms with van der Waals surface area (Å²) in [6.45, 7) is 2.00. The van der Waals surface area contributed by atoms with Crippen LogP contribution in [0.3, 0.4) is 0 Å². The van der Waals surface area contributed by atoms with Crippen LogP contribution in [-0.2, 0) is 13.0 Å². The van der Waals surface area contributed by atoms with Crippen LogP contribution >= 0.6 is 0 Å². The maximum atomic E-state index is 12.6. The highest BCUT2D eigenvalue weighted by Gasteiger charge is 2.33. The van der Waals surface area contributed by atoms with Gasteiger partial charge in [0, 0.05) is 19.1 Å². The molecule has 1 saturated heterocycles. The van der Waals surface area contributed by atoms with Gasteiger partial charge in [0.05, 0.1) is 6.54 Å². The van der Waals surface area contributed by atoms with Gasteiger partial charge >= 0.3 is 6.18 Å². The second-order valence-corrected chi connectivity index (χ2v) is 7.31. The van der Waals surface area contributed by atoms with E-state index in [4.69, 9.17) is 0 Å². The molecule has 5 heteroatoms. The van der Waals surface area contributed by atoms with Crippen molar-refractivity contribution in [2.45, 2.75) is 38.0 Å². The summed E-state index contributed by atoms with van der Waals surface area (Å²) < 4.78 is 37.9. The third-order valence-electron chi connectivity index (χ3n) is 5.24. The molecular weight excluding hydrogens is 349 g/mol. The van der Waals surface area contributed by atoms with Gasteiger partial charge in [0.15, 0.2) is 0 Å². The Bertz CT molecular complexity index is 665. The van der Waals surface area contributed by atoms with Crippen molar-refractivity contribution >= 4 is 0 Å². The van der Waals surface area contributed by atoms with Crippen LogP contribution in [0.1, 0.15) is 24.0 Å². The zero-order valence-corrected chi connectivity index (χ0v) is 15.5. The Hall–Kier alpha value is -1.85. The Labute approximate surface area is 159 Å². The van der Waals surface area contributed by atoms with E-state index in [1.54, 1.807) is 0 Å². The van der Waals surface area contributed by atoms with E-state index in [2.05, 4.69) is 29.2 Å². The molecule has 27 heavy (non-hydrogen) atoms. The maximum Gasteiger partial charge on any atom is 0.401 e. The lowest BCUT2D eigenvalue weighted by atomic mass is 10.0. The van der Waals surface area contributed by atoms with Crippen LogP contribution in [0, 0.1) is 0 Å². The summed E-state index contributed by atoms with van der Waals surface area (Å²) in [4.78, 5) is 3.99. The van der Waals surface area contributed by atoms with Gasteiger partial charge in [-0.3, -0.25) is 9.80 Å². The van der Waals surface area contributed by atoms with Crippen molar-refractivity contribution < 1.29 is 13.2 Å². The van der Waals surface area contributed by atoms with Gasteiger partial charge in [-0.05, 0) is 43.5 Å². The second-order valence-electron chi connectivity index (χ2n) is 7.31. The molecular formula is C22H27F3N2. The Morgan fingerprint density at radius 2 is 1.41 bits per heavy atom. The Balaban J connectivity index is 1.61. The molecule has 0 radical (unpaired) electrons. The molecule has 0 aliphatic carbocycles. The summed E-state index contributed by atoms with van der Waals surface area (Å²) in [5, 5.41) is 0. The van der Waals surface area contributed by atoms with Gasteiger partial charge < -0.3 is 0 Å². The predicted octanol–water partition coefficient (Wildman–Crippen LogP) is 4.76. The molecule has 2 nitrogen and oxygen atoms in total. The van der Waals surface area contributed by atoms with E-state index in [9.17, 15) is 13.2 Å². The van der Waals surface area contributed by atoms with E-state index in [0.29, 0.717) is 19.1 Å². The highest BCUT2D eigenvalue weighted by Crippen LogP contribution is 2.23. The number of hydrogen-bond acceptors (Lipinski definition) is 2. The zero-order valence-electron chi connectivity index (χ0n) is 15.5. The smallest absolute Gasteiger partial charge is 0.296 e. The summed E-state index contributed by atoms with van der Waals surface area (Å²) in [6.07, 6.45) is -1.57. The zero-order chi connectivity index (χ0) is 19.1. The lowest BCUT2D eigenvalue weighted by Gasteiger charge is -2.39. The number of likely N-dealkylation sites (tertiary alicyclic amines) is 1. The highest BCUT2D eigenvalue weighted by molar-refractivity contribution is 5.16. The normalized spacial score (nSPS) is 16.7. The first-order valence-corrected chi connectivity index (χ1v) is 9.60. The van der Waals surface area contributed by atoms with Crippen LogP contribution in [0.15, 0.2) is 60.7 Å². The monoisotopic (exact) mass is 376 g/mol. The number of hydrogen-bond donors (Lipinski definition) is 0. The fourth-order valence-electron chi connectivity index (χ4n) is 3.82. The van der Waals surface area contributed by atoms with E-state index in [1.807, 2.05) is 36.4 Å². The van der Waals surface area contributed by atoms with Crippen molar-refractivity contribution in [3.05, 3.63) is 71.8 Å². The number of nitrogens with zero attached hydrogens (tertiary/aromatic N) is 2. The number of alkyl halides is 3. The predicted molar refractivity (Wildman–Crippen MR) is 103 cm³/mol. The van der Waals surface area contributed by atoms with E-state index in [-0.39, 0.29) is 0 Å². The largest absolute Gasteiger partial charge is 0.401 e. The molecule has 0 atom stereocenters. The van der Waals surface area contributed by atoms with Crippen molar-refractivity contribution in [1.29, 1.82) is 0 Å². The van der Waals surface area contributed by atoms with Crippen LogP contribution in [-0.4, -0.2) is 48.2 Å². The van der Waals surface area contributed by atoms with E-state index < -0.39 is 12.7 Å². The summed E-state index contributed by atoms with van der Waals surface area (Å²) in [6, 6.07) is 21.0. The number of benzene rings is 2. The van der Waals surface area contributed by atoms with Crippen molar-refractivity contribution in [2.24, 2.45) is 0 Å². The quantitative estimate of drug-likeness (QED) is 0.688. The van der Waals surface area contributed by atoms with Crippen molar-refractivity contribution in [3.8, 4) is 0 Å². The molecule has 1 heterocycles. The third kappa shape index (κ3) is 6.67. The molecule has 1 aliphatic rings. The Morgan fingerprint density at radius 3 is 1.96 bits per heavy atom. The van der Waals surface area contributed by atoms with Crippen molar-refractivity contribution in [2.75, 3.05) is 26.2 Å². The molecule has 0 unspecified atom stereocenters. The molecule has 0 spiro atoms. The summed E-state index contributed by atoms with van der Waals surface area (Å²) >= 11 is 0. The van der Waals surface area contributed by atoms with Gasteiger partial charge in [-0.2, -0.15) is 13.2 Å². The van der Waals surface area contributed by atoms with Crippen molar-refractivity contribution in [1.82, 2.24) is 9.80 Å². The lowest BCUT2D eigenvalue weighted by Crippen LogP contribution is -2.47. The fraction of sp³-hybridized carbons (Fsp3) is 0.455. The van der Waals surface area contributed by atoms with E-state index in [0.717, 1.165) is 32.4 Å². The molecule has 146 valence electrons. The SMILES string of the molecule is FC(F)(F)CN1CCC(N(CCc2ccccc2)Cc2ccccc2)CC1. The minimum Gasteiger partial charge on any atom is -0.296 e. The van der Waals surface area contributed by atoms with Crippen LogP contribution in [0.2, 0.25) is 0 Å².